The number of thiazole rings is 1. The van der Waals surface area contributed by atoms with Crippen molar-refractivity contribution in [1.29, 1.82) is 0 Å². The molecule has 5 rings (SSSR count). The second kappa shape index (κ2) is 16.1. The van der Waals surface area contributed by atoms with Crippen molar-refractivity contribution >= 4 is 74.5 Å². The van der Waals surface area contributed by atoms with Crippen LogP contribution >= 0.6 is 56.5 Å². The summed E-state index contributed by atoms with van der Waals surface area (Å²) in [5, 5.41) is 0. The highest BCUT2D eigenvalue weighted by Crippen LogP contribution is 2.35. The Morgan fingerprint density at radius 2 is 1.58 bits per heavy atom. The number of rotatable bonds is 12. The van der Waals surface area contributed by atoms with Crippen LogP contribution in [0, 0.1) is 7.14 Å². The lowest BCUT2D eigenvalue weighted by Crippen LogP contribution is -2.39. The van der Waals surface area contributed by atoms with Crippen LogP contribution < -0.4 is 29.1 Å². The van der Waals surface area contributed by atoms with E-state index in [-0.39, 0.29) is 17.1 Å². The number of hydrogen-bond acceptors (Lipinski definition) is 10. The Morgan fingerprint density at radius 1 is 0.896 bits per heavy atom. The molecular weight excluding hydrogens is 862 g/mol. The van der Waals surface area contributed by atoms with Crippen molar-refractivity contribution in [3.63, 3.8) is 0 Å². The number of carbonyl (C=O) groups excluding carboxylic acids is 2. The Kier molecular flexibility index (Phi) is 12.0. The molecule has 48 heavy (non-hydrogen) atoms. The lowest BCUT2D eigenvalue weighted by Gasteiger charge is -2.23. The number of hydrogen-bond donors (Lipinski definition) is 0. The van der Waals surface area contributed by atoms with E-state index >= 15 is 0 Å². The van der Waals surface area contributed by atoms with Gasteiger partial charge in [0, 0.05) is 6.20 Å². The number of ether oxygens (including phenoxy) is 5. The van der Waals surface area contributed by atoms with E-state index < -0.39 is 12.0 Å². The molecule has 0 amide bonds. The maximum absolute atomic E-state index is 14.0. The number of carbonyl (C=O) groups is 2. The number of methoxy groups -OCH3 is 1. The molecule has 0 aliphatic carbocycles. The summed E-state index contributed by atoms with van der Waals surface area (Å²) in [5.41, 5.74) is 2.79. The molecule has 0 unspecified atom stereocenters. The van der Waals surface area contributed by atoms with Gasteiger partial charge in [-0.15, -0.1) is 0 Å². The van der Waals surface area contributed by atoms with Crippen molar-refractivity contribution in [2.24, 2.45) is 4.99 Å². The fraction of sp³-hybridized carbons (Fsp3) is 0.257. The number of aromatic nitrogens is 1. The van der Waals surface area contributed by atoms with Gasteiger partial charge < -0.3 is 23.7 Å². The van der Waals surface area contributed by atoms with Gasteiger partial charge in [-0.25, -0.2) is 14.6 Å². The van der Waals surface area contributed by atoms with Crippen molar-refractivity contribution in [1.82, 2.24) is 4.57 Å². The van der Waals surface area contributed by atoms with Gasteiger partial charge in [-0.3, -0.25) is 9.36 Å². The first-order chi connectivity index (χ1) is 23.2. The van der Waals surface area contributed by atoms with Crippen LogP contribution in [0.15, 0.2) is 76.2 Å². The number of esters is 2. The maximum atomic E-state index is 14.0. The van der Waals surface area contributed by atoms with E-state index in [1.807, 2.05) is 50.3 Å². The molecule has 1 aromatic heterocycles. The highest BCUT2D eigenvalue weighted by Gasteiger charge is 2.31. The lowest BCUT2D eigenvalue weighted by molar-refractivity contribution is -0.136. The number of nitrogens with zero attached hydrogens (tertiary/aromatic N) is 2. The summed E-state index contributed by atoms with van der Waals surface area (Å²) in [4.78, 5) is 43.8. The van der Waals surface area contributed by atoms with Crippen LogP contribution in [0.2, 0.25) is 0 Å². The van der Waals surface area contributed by atoms with Gasteiger partial charge in [-0.05, 0) is 125 Å². The molecule has 1 aliphatic heterocycles. The number of fused-ring (bicyclic) bond motifs is 1. The summed E-state index contributed by atoms with van der Waals surface area (Å²) in [6.07, 6.45) is 3.28. The minimum Gasteiger partial charge on any atom is -0.490 e. The van der Waals surface area contributed by atoms with E-state index in [9.17, 15) is 14.4 Å². The third-order valence-corrected chi connectivity index (χ3v) is 9.77. The van der Waals surface area contributed by atoms with Crippen LogP contribution in [-0.4, -0.2) is 43.4 Å². The van der Waals surface area contributed by atoms with E-state index in [2.05, 4.69) is 50.2 Å². The Bertz CT molecular complexity index is 2030. The zero-order chi connectivity index (χ0) is 34.4. The van der Waals surface area contributed by atoms with Crippen LogP contribution in [0.1, 0.15) is 53.9 Å². The van der Waals surface area contributed by atoms with Gasteiger partial charge in [-0.1, -0.05) is 29.5 Å². The molecular formula is C35H32I2N2O8S. The minimum absolute atomic E-state index is 0.226. The van der Waals surface area contributed by atoms with Crippen LogP contribution in [-0.2, 0) is 20.9 Å². The second-order valence-electron chi connectivity index (χ2n) is 10.3. The number of halogens is 2. The van der Waals surface area contributed by atoms with E-state index in [4.69, 9.17) is 23.7 Å². The van der Waals surface area contributed by atoms with E-state index in [0.29, 0.717) is 64.1 Å². The third-order valence-electron chi connectivity index (χ3n) is 7.17. The summed E-state index contributed by atoms with van der Waals surface area (Å²) >= 11 is 5.67. The smallest absolute Gasteiger partial charge is 0.338 e. The Labute approximate surface area is 308 Å². The molecule has 0 spiro atoms. The average Bonchev–Trinajstić information content (AvgIpc) is 3.39. The van der Waals surface area contributed by atoms with Gasteiger partial charge in [-0.2, -0.15) is 0 Å². The zero-order valence-electron chi connectivity index (χ0n) is 26.6. The lowest BCUT2D eigenvalue weighted by atomic mass is 9.97. The predicted molar refractivity (Wildman–Crippen MR) is 199 cm³/mol. The van der Waals surface area contributed by atoms with Crippen molar-refractivity contribution in [3.05, 3.63) is 115 Å². The second-order valence-corrected chi connectivity index (χ2v) is 13.6. The number of benzene rings is 3. The highest BCUT2D eigenvalue weighted by atomic mass is 127. The van der Waals surface area contributed by atoms with Crippen molar-refractivity contribution in [3.8, 4) is 17.2 Å². The van der Waals surface area contributed by atoms with Crippen LogP contribution in [0.25, 0.3) is 6.08 Å². The summed E-state index contributed by atoms with van der Waals surface area (Å²) in [6, 6.07) is 15.6. The molecule has 0 saturated heterocycles. The Hall–Kier alpha value is -3.70. The Morgan fingerprint density at radius 3 is 2.23 bits per heavy atom. The van der Waals surface area contributed by atoms with Crippen molar-refractivity contribution in [2.75, 3.05) is 26.9 Å². The molecule has 0 fully saturated rings. The molecule has 4 aromatic rings. The molecule has 13 heteroatoms. The molecule has 10 nitrogen and oxygen atoms in total. The first-order valence-corrected chi connectivity index (χ1v) is 18.0. The minimum atomic E-state index is -0.784. The van der Waals surface area contributed by atoms with Crippen LogP contribution in [0.4, 0.5) is 0 Å². The zero-order valence-corrected chi connectivity index (χ0v) is 31.7. The first kappa shape index (κ1) is 35.6. The van der Waals surface area contributed by atoms with E-state index in [1.165, 1.54) is 29.2 Å². The highest BCUT2D eigenvalue weighted by molar-refractivity contribution is 14.1. The van der Waals surface area contributed by atoms with Crippen molar-refractivity contribution in [2.45, 2.75) is 33.4 Å². The maximum Gasteiger partial charge on any atom is 0.338 e. The largest absolute Gasteiger partial charge is 0.490 e. The molecule has 2 heterocycles. The molecule has 0 radical (unpaired) electrons. The summed E-state index contributed by atoms with van der Waals surface area (Å²) in [7, 11) is 1.30. The third kappa shape index (κ3) is 7.78. The standard InChI is InChI=1S/C35H32I2N2O8S/c1-5-44-27-13-12-23(17-28(27)45-6-2)30-24(34(42)43-4)18-38-35-39(30)32(40)29(48-35)16-21-14-25(36)31(26(37)15-21)47-19-20-8-10-22(11-9-20)33(41)46-7-3/h8-18,30H,5-7,19H2,1-4H3/b29-16+/t30-/m0/s1. The van der Waals surface area contributed by atoms with E-state index in [1.54, 1.807) is 31.2 Å². The van der Waals surface area contributed by atoms with Gasteiger partial charge in [0.05, 0.1) is 55.8 Å². The van der Waals surface area contributed by atoms with Gasteiger partial charge in [0.2, 0.25) is 0 Å². The molecule has 1 aliphatic rings. The average molecular weight is 895 g/mol. The molecule has 1 atom stereocenters. The van der Waals surface area contributed by atoms with Crippen molar-refractivity contribution < 1.29 is 33.3 Å². The summed E-state index contributed by atoms with van der Waals surface area (Å²) in [6.45, 7) is 7.04. The summed E-state index contributed by atoms with van der Waals surface area (Å²) in [5.74, 6) is 0.860. The molecule has 0 N–H and O–H groups in total. The van der Waals surface area contributed by atoms with Crippen LogP contribution in [0.5, 0.6) is 17.2 Å². The summed E-state index contributed by atoms with van der Waals surface area (Å²) < 4.78 is 31.6. The molecule has 0 saturated carbocycles. The van der Waals surface area contributed by atoms with E-state index in [0.717, 1.165) is 18.3 Å². The topological polar surface area (TPSA) is 115 Å². The SMILES string of the molecule is CCOC(=O)c1ccc(COc2c(I)cc(/C=c3/sc4n(c3=O)[C@@H](c3ccc(OCC)c(OCC)c3)C(C(=O)OC)=CN=4)cc2I)cc1. The fourth-order valence-corrected chi connectivity index (χ4v) is 8.14. The van der Waals surface area contributed by atoms with Gasteiger partial charge in [0.1, 0.15) is 12.4 Å². The molecule has 250 valence electrons. The predicted octanol–water partition coefficient (Wildman–Crippen LogP) is 5.78. The quantitative estimate of drug-likeness (QED) is 0.130. The molecule has 3 aromatic carbocycles. The van der Waals surface area contributed by atoms with Gasteiger partial charge >= 0.3 is 11.9 Å². The molecule has 0 bridgehead atoms. The normalized spacial score (nSPS) is 14.0. The monoisotopic (exact) mass is 894 g/mol. The van der Waals surface area contributed by atoms with Crippen LogP contribution in [0.3, 0.4) is 0 Å². The van der Waals surface area contributed by atoms with Gasteiger partial charge in [0.15, 0.2) is 16.3 Å². The fourth-order valence-electron chi connectivity index (χ4n) is 5.05. The van der Waals surface area contributed by atoms with Gasteiger partial charge in [0.25, 0.3) is 5.56 Å². The first-order valence-electron chi connectivity index (χ1n) is 15.1. The Balaban J connectivity index is 1.47.